The fourth-order valence-electron chi connectivity index (χ4n) is 9.01. The lowest BCUT2D eigenvalue weighted by Crippen LogP contribution is -2.51. The van der Waals surface area contributed by atoms with E-state index in [0.717, 1.165) is 21.7 Å². The van der Waals surface area contributed by atoms with Crippen LogP contribution in [0, 0.1) is 12.3 Å². The molecule has 0 bridgehead atoms. The van der Waals surface area contributed by atoms with Crippen molar-refractivity contribution in [2.75, 3.05) is 0 Å². The van der Waals surface area contributed by atoms with Crippen LogP contribution in [0.3, 0.4) is 0 Å². The summed E-state index contributed by atoms with van der Waals surface area (Å²) in [7, 11) is -3.17. The Balaban J connectivity index is 1.18. The number of hydrogen-bond acceptors (Lipinski definition) is 6. The second-order valence-corrected chi connectivity index (χ2v) is 24.8. The van der Waals surface area contributed by atoms with Gasteiger partial charge in [0.05, 0.1) is 6.04 Å². The molecule has 9 rings (SSSR count). The van der Waals surface area contributed by atoms with Crippen molar-refractivity contribution >= 4 is 107 Å². The van der Waals surface area contributed by atoms with Crippen LogP contribution in [-0.4, -0.2) is 63.1 Å². The van der Waals surface area contributed by atoms with Gasteiger partial charge in [0.15, 0.2) is 0 Å². The van der Waals surface area contributed by atoms with E-state index in [1.54, 1.807) is 44.3 Å². The highest BCUT2D eigenvalue weighted by molar-refractivity contribution is 14.1. The number of nitrogens with one attached hydrogen (secondary N) is 2. The Hall–Kier alpha value is -5.20. The van der Waals surface area contributed by atoms with Crippen LogP contribution in [0.4, 0.5) is 0 Å². The zero-order valence-electron chi connectivity index (χ0n) is 35.0. The number of amides is 6. The number of benzene rings is 5. The lowest BCUT2D eigenvalue weighted by Gasteiger charge is -2.37. The van der Waals surface area contributed by atoms with Crippen molar-refractivity contribution in [2.24, 2.45) is 0 Å². The van der Waals surface area contributed by atoms with E-state index < -0.39 is 46.9 Å². The summed E-state index contributed by atoms with van der Waals surface area (Å²) in [6.45, 7) is 1.92. The summed E-state index contributed by atoms with van der Waals surface area (Å²) in [5, 5.41) is 14.2. The molecule has 4 fully saturated rings. The summed E-state index contributed by atoms with van der Waals surface area (Å²) in [6.07, 6.45) is 6.13. The Bertz CT molecular complexity index is 2760. The molecule has 2 unspecified atom stereocenters. The highest BCUT2D eigenvalue weighted by Gasteiger charge is 2.58. The Kier molecular flexibility index (Phi) is 13.1. The highest BCUT2D eigenvalue weighted by atomic mass is 127. The monoisotopic (exact) mass is 1130 g/mol. The van der Waals surface area contributed by atoms with Crippen LogP contribution in [0.2, 0.25) is 0 Å². The molecule has 5 aromatic rings. The fourth-order valence-corrected chi connectivity index (χ4v) is 20.1. The Labute approximate surface area is 406 Å². The van der Waals surface area contributed by atoms with Crippen LogP contribution in [0.5, 0.6) is 0 Å². The van der Waals surface area contributed by atoms with Gasteiger partial charge in [-0.05, 0) is 67.8 Å². The molecule has 8 atom stereocenters. The molecule has 4 saturated heterocycles. The smallest absolute Gasteiger partial charge is 0.252 e. The number of alkyl halides is 2. The maximum atomic E-state index is 14.5. The van der Waals surface area contributed by atoms with Gasteiger partial charge in [-0.3, -0.25) is 28.8 Å². The van der Waals surface area contributed by atoms with E-state index in [-0.39, 0.29) is 61.3 Å². The summed E-state index contributed by atoms with van der Waals surface area (Å²) in [6, 6.07) is 40.1. The first-order valence-electron chi connectivity index (χ1n) is 21.1. The van der Waals surface area contributed by atoms with Gasteiger partial charge in [0.25, 0.3) is 11.8 Å². The van der Waals surface area contributed by atoms with Gasteiger partial charge >= 0.3 is 0 Å². The average molecular weight is 1130 g/mol. The van der Waals surface area contributed by atoms with Crippen molar-refractivity contribution in [1.29, 1.82) is 0 Å². The third-order valence-electron chi connectivity index (χ3n) is 12.1. The molecule has 0 saturated carbocycles. The number of nitrogens with zero attached hydrogens (tertiary/aromatic N) is 4. The molecule has 328 valence electrons. The predicted octanol–water partition coefficient (Wildman–Crippen LogP) is 8.09. The second kappa shape index (κ2) is 19.0. The molecule has 12 nitrogen and oxygen atoms in total. The third-order valence-corrected chi connectivity index (χ3v) is 22.2. The third kappa shape index (κ3) is 8.23. The standard InChI is InChI=1S/C49H42I2N6O6P2/c1-3-37(32-18-8-5-9-19-32)53-45(63)34-21-11-13-23-36(34)47-55-41(59)27-29-43(61)57(55)49(51)65(47)39-25-15-14-24-38(39)64-46(54-40(58)26-28-42(60)56(54)48(64)50)35-22-12-10-20-33(35)44(62)52-30(2)31-16-6-4-7-17-31/h1,4-25,30,37,46-49H,26-29H2,2H3,(H,52,62)(H,53,63)/t30-,37-,46-,47-,48-,49-,64?,65?/m0/s1. The number of terminal acetylenes is 1. The van der Waals surface area contributed by atoms with E-state index in [1.165, 1.54) is 0 Å². The van der Waals surface area contributed by atoms with Gasteiger partial charge in [-0.1, -0.05) is 172 Å². The zero-order valence-corrected chi connectivity index (χ0v) is 41.1. The molecule has 0 radical (unpaired) electrons. The van der Waals surface area contributed by atoms with Crippen LogP contribution >= 0.6 is 61.0 Å². The van der Waals surface area contributed by atoms with Crippen LogP contribution in [0.1, 0.15) is 99.2 Å². The number of halogens is 2. The van der Waals surface area contributed by atoms with E-state index in [4.69, 9.17) is 6.42 Å². The molecule has 5 aromatic carbocycles. The minimum atomic E-state index is -1.60. The van der Waals surface area contributed by atoms with Crippen LogP contribution in [0.25, 0.3) is 0 Å². The molecule has 0 aliphatic carbocycles. The van der Waals surface area contributed by atoms with Crippen molar-refractivity contribution in [3.63, 3.8) is 0 Å². The first kappa shape index (κ1) is 45.0. The van der Waals surface area contributed by atoms with E-state index in [2.05, 4.69) is 61.7 Å². The van der Waals surface area contributed by atoms with Crippen molar-refractivity contribution < 1.29 is 28.8 Å². The van der Waals surface area contributed by atoms with Crippen LogP contribution in [-0.2, 0) is 19.2 Å². The molecule has 0 spiro atoms. The van der Waals surface area contributed by atoms with Crippen molar-refractivity contribution in [3.05, 3.63) is 167 Å². The van der Waals surface area contributed by atoms with Gasteiger partial charge < -0.3 is 10.6 Å². The molecule has 65 heavy (non-hydrogen) atoms. The van der Waals surface area contributed by atoms with Gasteiger partial charge in [0.2, 0.25) is 23.6 Å². The van der Waals surface area contributed by atoms with E-state index >= 15 is 0 Å². The van der Waals surface area contributed by atoms with Crippen LogP contribution < -0.4 is 21.2 Å². The fraction of sp³-hybridized carbons (Fsp3) is 0.224. The summed E-state index contributed by atoms with van der Waals surface area (Å²) >= 11 is 4.55. The summed E-state index contributed by atoms with van der Waals surface area (Å²) in [5.74, 6) is -0.386. The minimum Gasteiger partial charge on any atom is -0.346 e. The van der Waals surface area contributed by atoms with Gasteiger partial charge in [-0.2, -0.15) is 0 Å². The molecular weight excluding hydrogens is 1080 g/mol. The molecule has 4 aliphatic rings. The maximum Gasteiger partial charge on any atom is 0.252 e. The first-order chi connectivity index (χ1) is 31.5. The number of carbonyl (C=O) groups is 6. The minimum absolute atomic E-state index is 0.0159. The molecule has 2 N–H and O–H groups in total. The van der Waals surface area contributed by atoms with E-state index in [0.29, 0.717) is 22.3 Å². The van der Waals surface area contributed by atoms with Gasteiger partial charge in [-0.15, -0.1) is 6.42 Å². The Morgan fingerprint density at radius 2 is 0.923 bits per heavy atom. The SMILES string of the molecule is C#C[C@H](NC(=O)c1ccccc1[C@H]1N2C(=O)CCC(=O)N2[C@H](I)P1c1ccccc1P1[C@@H](I)N2C(=O)CCC(=O)N2[C@@H]1c1ccccc1C(=O)N[C@@H](C)c1ccccc1)c1ccccc1. The average Bonchev–Trinajstić information content (AvgIpc) is 3.83. The molecule has 4 heterocycles. The predicted molar refractivity (Wildman–Crippen MR) is 267 cm³/mol. The number of rotatable bonds is 10. The second-order valence-electron chi connectivity index (χ2n) is 15.9. The van der Waals surface area contributed by atoms with Gasteiger partial charge in [-0.25, -0.2) is 20.0 Å². The number of carbonyl (C=O) groups excluding carboxylic acids is 6. The Morgan fingerprint density at radius 1 is 0.554 bits per heavy atom. The Morgan fingerprint density at radius 3 is 1.37 bits per heavy atom. The van der Waals surface area contributed by atoms with Crippen molar-refractivity contribution in [1.82, 2.24) is 30.7 Å². The van der Waals surface area contributed by atoms with Crippen molar-refractivity contribution in [3.8, 4) is 12.3 Å². The van der Waals surface area contributed by atoms with E-state index in [9.17, 15) is 28.8 Å². The normalized spacial score (nSPS) is 23.7. The van der Waals surface area contributed by atoms with Gasteiger partial charge in [0.1, 0.15) is 25.2 Å². The molecule has 16 heteroatoms. The summed E-state index contributed by atoms with van der Waals surface area (Å²) < 4.78 is -1.05. The quantitative estimate of drug-likeness (QED) is 0.0477. The summed E-state index contributed by atoms with van der Waals surface area (Å²) in [4.78, 5) is 85.4. The molecular formula is C49H42I2N6O6P2. The first-order valence-corrected chi connectivity index (χ1v) is 26.5. The lowest BCUT2D eigenvalue weighted by molar-refractivity contribution is -0.168. The van der Waals surface area contributed by atoms with E-state index in [1.807, 2.05) is 116 Å². The lowest BCUT2D eigenvalue weighted by atomic mass is 10.0. The van der Waals surface area contributed by atoms with Crippen molar-refractivity contribution in [2.45, 2.75) is 63.8 Å². The maximum absolute atomic E-state index is 14.5. The molecule has 0 aromatic heterocycles. The molecule has 4 aliphatic heterocycles. The largest absolute Gasteiger partial charge is 0.346 e. The number of hydrogen-bond donors (Lipinski definition) is 2. The molecule has 6 amide bonds. The topological polar surface area (TPSA) is 139 Å². The number of hydrazine groups is 2. The zero-order chi connectivity index (χ0) is 45.5. The number of fused-ring (bicyclic) bond motifs is 2. The highest BCUT2D eigenvalue weighted by Crippen LogP contribution is 2.70. The van der Waals surface area contributed by atoms with Crippen LogP contribution in [0.15, 0.2) is 133 Å². The van der Waals surface area contributed by atoms with Gasteiger partial charge in [0, 0.05) is 36.8 Å². The summed E-state index contributed by atoms with van der Waals surface area (Å²) in [5.41, 5.74) is 3.54.